The summed E-state index contributed by atoms with van der Waals surface area (Å²) in [5, 5.41) is 13.0. The fourth-order valence-corrected chi connectivity index (χ4v) is 2.99. The molecular formula is C16H20N6O2. The van der Waals surface area contributed by atoms with E-state index in [1.54, 1.807) is 35.1 Å². The van der Waals surface area contributed by atoms with Crippen molar-refractivity contribution in [3.63, 3.8) is 0 Å². The van der Waals surface area contributed by atoms with E-state index >= 15 is 0 Å². The van der Waals surface area contributed by atoms with E-state index in [-0.39, 0.29) is 5.91 Å². The monoisotopic (exact) mass is 328 g/mol. The summed E-state index contributed by atoms with van der Waals surface area (Å²) in [4.78, 5) is 24.0. The first-order valence-corrected chi connectivity index (χ1v) is 7.79. The van der Waals surface area contributed by atoms with Gasteiger partial charge in [-0.15, -0.1) is 0 Å². The van der Waals surface area contributed by atoms with Crippen molar-refractivity contribution in [3.05, 3.63) is 42.7 Å². The molecule has 1 fully saturated rings. The lowest BCUT2D eigenvalue weighted by Crippen LogP contribution is -2.52. The number of primary amides is 1. The Bertz CT molecular complexity index is 722. The molecule has 2 aromatic rings. The zero-order chi connectivity index (χ0) is 17.0. The molecule has 0 unspecified atom stereocenters. The predicted octanol–water partition coefficient (Wildman–Crippen LogP) is 1.09. The maximum Gasteiger partial charge on any atom is 0.316 e. The van der Waals surface area contributed by atoms with Crippen molar-refractivity contribution in [3.8, 4) is 0 Å². The summed E-state index contributed by atoms with van der Waals surface area (Å²) in [6, 6.07) is 8.04. The second-order valence-corrected chi connectivity index (χ2v) is 5.76. The van der Waals surface area contributed by atoms with Gasteiger partial charge in [-0.05, 0) is 50.2 Å². The van der Waals surface area contributed by atoms with Gasteiger partial charge in [0.05, 0.1) is 0 Å². The molecule has 0 atom stereocenters. The third kappa shape index (κ3) is 3.23. The van der Waals surface area contributed by atoms with Gasteiger partial charge >= 0.3 is 6.03 Å². The molecule has 1 aliphatic heterocycles. The second-order valence-electron chi connectivity index (χ2n) is 5.76. The van der Waals surface area contributed by atoms with Gasteiger partial charge in [-0.3, -0.25) is 9.48 Å². The Morgan fingerprint density at radius 2 is 1.88 bits per heavy atom. The van der Waals surface area contributed by atoms with Crippen molar-refractivity contribution in [2.24, 2.45) is 5.73 Å². The third-order valence-electron chi connectivity index (χ3n) is 4.18. The van der Waals surface area contributed by atoms with Gasteiger partial charge in [0.2, 0.25) is 0 Å². The van der Waals surface area contributed by atoms with E-state index < -0.39 is 11.6 Å². The van der Waals surface area contributed by atoms with E-state index in [4.69, 9.17) is 5.73 Å². The van der Waals surface area contributed by atoms with Crippen LogP contribution >= 0.6 is 0 Å². The molecule has 8 nitrogen and oxygen atoms in total. The van der Waals surface area contributed by atoms with Gasteiger partial charge in [-0.1, -0.05) is 6.07 Å². The zero-order valence-electron chi connectivity index (χ0n) is 13.2. The number of nitrogens with zero attached hydrogens (tertiary/aromatic N) is 2. The SMILES string of the molecule is NC(=O)Nc1cccc(NC(=O)C2(n3cccn3)CCNCC2)c1. The van der Waals surface area contributed by atoms with Crippen molar-refractivity contribution in [2.45, 2.75) is 18.4 Å². The number of urea groups is 1. The molecule has 0 aliphatic carbocycles. The minimum Gasteiger partial charge on any atom is -0.351 e. The lowest BCUT2D eigenvalue weighted by atomic mass is 9.87. The van der Waals surface area contributed by atoms with E-state index in [0.717, 1.165) is 13.1 Å². The smallest absolute Gasteiger partial charge is 0.316 e. The highest BCUT2D eigenvalue weighted by molar-refractivity contribution is 5.97. The molecule has 1 saturated heterocycles. The highest BCUT2D eigenvalue weighted by atomic mass is 16.2. The number of anilines is 2. The van der Waals surface area contributed by atoms with E-state index in [1.165, 1.54) is 0 Å². The number of hydrogen-bond acceptors (Lipinski definition) is 4. The van der Waals surface area contributed by atoms with Crippen molar-refractivity contribution < 1.29 is 9.59 Å². The molecule has 0 radical (unpaired) electrons. The van der Waals surface area contributed by atoms with Crippen LogP contribution in [0.2, 0.25) is 0 Å². The molecule has 5 N–H and O–H groups in total. The first-order valence-electron chi connectivity index (χ1n) is 7.79. The second kappa shape index (κ2) is 6.71. The fourth-order valence-electron chi connectivity index (χ4n) is 2.99. The van der Waals surface area contributed by atoms with Crippen LogP contribution in [0.5, 0.6) is 0 Å². The summed E-state index contributed by atoms with van der Waals surface area (Å²) >= 11 is 0. The van der Waals surface area contributed by atoms with Crippen LogP contribution in [-0.4, -0.2) is 34.8 Å². The summed E-state index contributed by atoms with van der Waals surface area (Å²) in [5.41, 5.74) is 5.52. The molecule has 8 heteroatoms. The first-order chi connectivity index (χ1) is 11.6. The first kappa shape index (κ1) is 16.0. The summed E-state index contributed by atoms with van der Waals surface area (Å²) in [5.74, 6) is -0.121. The van der Waals surface area contributed by atoms with Gasteiger partial charge in [0.15, 0.2) is 0 Å². The van der Waals surface area contributed by atoms with E-state index in [1.807, 2.05) is 12.3 Å². The number of amides is 3. The predicted molar refractivity (Wildman–Crippen MR) is 90.6 cm³/mol. The lowest BCUT2D eigenvalue weighted by Gasteiger charge is -2.36. The minimum atomic E-state index is -0.720. The number of carbonyl (C=O) groups is 2. The molecule has 3 amide bonds. The van der Waals surface area contributed by atoms with Gasteiger partial charge in [-0.25, -0.2) is 4.79 Å². The number of piperidine rings is 1. The quantitative estimate of drug-likeness (QED) is 0.672. The summed E-state index contributed by atoms with van der Waals surface area (Å²) < 4.78 is 1.73. The highest BCUT2D eigenvalue weighted by Gasteiger charge is 2.42. The lowest BCUT2D eigenvalue weighted by molar-refractivity contribution is -0.126. The Morgan fingerprint density at radius 3 is 2.50 bits per heavy atom. The average molecular weight is 328 g/mol. The fraction of sp³-hybridized carbons (Fsp3) is 0.312. The van der Waals surface area contributed by atoms with Crippen molar-refractivity contribution >= 4 is 23.3 Å². The van der Waals surface area contributed by atoms with E-state index in [0.29, 0.717) is 24.2 Å². The number of nitrogens with two attached hydrogens (primary N) is 1. The van der Waals surface area contributed by atoms with Gasteiger partial charge < -0.3 is 21.7 Å². The number of hydrogen-bond donors (Lipinski definition) is 4. The third-order valence-corrected chi connectivity index (χ3v) is 4.18. The topological polar surface area (TPSA) is 114 Å². The maximum atomic E-state index is 13.0. The Hall–Kier alpha value is -2.87. The maximum absolute atomic E-state index is 13.0. The standard InChI is InChI=1S/C16H20N6O2/c17-15(24)21-13-4-1-3-12(11-13)20-14(23)16(5-8-18-9-6-16)22-10-2-7-19-22/h1-4,7,10-11,18H,5-6,8-9H2,(H,20,23)(H3,17,21,24). The van der Waals surface area contributed by atoms with Gasteiger partial charge in [0.1, 0.15) is 5.54 Å². The average Bonchev–Trinajstić information content (AvgIpc) is 3.10. The van der Waals surface area contributed by atoms with Crippen LogP contribution in [0.15, 0.2) is 42.7 Å². The number of rotatable bonds is 4. The number of aromatic nitrogens is 2. The number of benzene rings is 1. The molecule has 0 bridgehead atoms. The minimum absolute atomic E-state index is 0.121. The highest BCUT2D eigenvalue weighted by Crippen LogP contribution is 2.29. The van der Waals surface area contributed by atoms with Gasteiger partial charge in [0.25, 0.3) is 5.91 Å². The molecule has 126 valence electrons. The van der Waals surface area contributed by atoms with Crippen LogP contribution < -0.4 is 21.7 Å². The Morgan fingerprint density at radius 1 is 1.17 bits per heavy atom. The van der Waals surface area contributed by atoms with E-state index in [9.17, 15) is 9.59 Å². The summed E-state index contributed by atoms with van der Waals surface area (Å²) in [6.45, 7) is 1.49. The van der Waals surface area contributed by atoms with Crippen LogP contribution in [0.25, 0.3) is 0 Å². The van der Waals surface area contributed by atoms with Crippen molar-refractivity contribution in [2.75, 3.05) is 23.7 Å². The van der Waals surface area contributed by atoms with Gasteiger partial charge in [-0.2, -0.15) is 5.10 Å². The van der Waals surface area contributed by atoms with Gasteiger partial charge in [0, 0.05) is 23.8 Å². The molecule has 0 saturated carbocycles. The van der Waals surface area contributed by atoms with Crippen molar-refractivity contribution in [1.29, 1.82) is 0 Å². The largest absolute Gasteiger partial charge is 0.351 e. The summed E-state index contributed by atoms with van der Waals surface area (Å²) in [7, 11) is 0. The molecule has 3 rings (SSSR count). The Balaban J connectivity index is 1.83. The molecule has 1 aromatic heterocycles. The van der Waals surface area contributed by atoms with Crippen molar-refractivity contribution in [1.82, 2.24) is 15.1 Å². The van der Waals surface area contributed by atoms with Crippen LogP contribution in [0, 0.1) is 0 Å². The summed E-state index contributed by atoms with van der Waals surface area (Å²) in [6.07, 6.45) is 4.80. The Labute approximate surface area is 139 Å². The molecule has 1 aliphatic rings. The van der Waals surface area contributed by atoms with Crippen LogP contribution in [0.3, 0.4) is 0 Å². The molecular weight excluding hydrogens is 308 g/mol. The molecule has 24 heavy (non-hydrogen) atoms. The number of nitrogens with one attached hydrogen (secondary N) is 3. The van der Waals surface area contributed by atoms with Crippen LogP contribution in [0.4, 0.5) is 16.2 Å². The van der Waals surface area contributed by atoms with E-state index in [2.05, 4.69) is 21.0 Å². The van der Waals surface area contributed by atoms with Crippen LogP contribution in [0.1, 0.15) is 12.8 Å². The molecule has 2 heterocycles. The molecule has 1 aromatic carbocycles. The molecule has 0 spiro atoms. The Kier molecular flexibility index (Phi) is 4.48. The number of carbonyl (C=O) groups excluding carboxylic acids is 2. The normalized spacial score (nSPS) is 16.3. The zero-order valence-corrected chi connectivity index (χ0v) is 13.2. The van der Waals surface area contributed by atoms with Crippen LogP contribution in [-0.2, 0) is 10.3 Å².